The lowest BCUT2D eigenvalue weighted by Crippen LogP contribution is -2.43. The summed E-state index contributed by atoms with van der Waals surface area (Å²) in [5.41, 5.74) is 0.132. The first-order valence-corrected chi connectivity index (χ1v) is 9.06. The van der Waals surface area contributed by atoms with E-state index in [9.17, 15) is 14.3 Å². The number of hydrogen-bond donors (Lipinski definition) is 2. The summed E-state index contributed by atoms with van der Waals surface area (Å²) in [4.78, 5) is 13.4. The predicted molar refractivity (Wildman–Crippen MR) is 91.4 cm³/mol. The van der Waals surface area contributed by atoms with E-state index in [0.29, 0.717) is 12.0 Å². The highest BCUT2D eigenvalue weighted by Crippen LogP contribution is 2.43. The smallest absolute Gasteiger partial charge is 0.230 e. The van der Waals surface area contributed by atoms with Crippen LogP contribution in [0.4, 0.5) is 4.39 Å². The third-order valence-corrected chi connectivity index (χ3v) is 5.52. The second-order valence-electron chi connectivity index (χ2n) is 5.47. The van der Waals surface area contributed by atoms with E-state index in [4.69, 9.17) is 0 Å². The molecule has 3 rings (SSSR count). The molecule has 1 amide bonds. The van der Waals surface area contributed by atoms with Crippen molar-refractivity contribution in [2.24, 2.45) is 0 Å². The third-order valence-electron chi connectivity index (χ3n) is 3.82. The van der Waals surface area contributed by atoms with E-state index in [0.717, 1.165) is 15.4 Å². The van der Waals surface area contributed by atoms with Crippen molar-refractivity contribution in [3.63, 3.8) is 0 Å². The van der Waals surface area contributed by atoms with Crippen molar-refractivity contribution in [2.75, 3.05) is 11.9 Å². The summed E-state index contributed by atoms with van der Waals surface area (Å²) >= 11 is 4.59. The fourth-order valence-electron chi connectivity index (χ4n) is 2.68. The van der Waals surface area contributed by atoms with Gasteiger partial charge in [0.25, 0.3) is 0 Å². The molecule has 0 aromatic heterocycles. The molecule has 1 heterocycles. The second-order valence-corrected chi connectivity index (χ2v) is 7.11. The van der Waals surface area contributed by atoms with E-state index < -0.39 is 11.4 Å². The molecule has 6 heteroatoms. The SMILES string of the molecule is O=C(CBr)NCC1(O)Cc2ccccc2Sc2ccc(F)cc21. The number of hydrogen-bond acceptors (Lipinski definition) is 3. The standard InChI is InChI=1S/C17H15BrFNO2S/c18-9-16(21)20-10-17(22)8-11-3-1-2-4-14(11)23-15-6-5-12(19)7-13(15)17/h1-7,22H,8-10H2,(H,20,21). The Labute approximate surface area is 146 Å². The highest BCUT2D eigenvalue weighted by Gasteiger charge is 2.36. The molecule has 0 spiro atoms. The van der Waals surface area contributed by atoms with Crippen LogP contribution in [-0.4, -0.2) is 22.9 Å². The minimum atomic E-state index is -1.35. The van der Waals surface area contributed by atoms with Gasteiger partial charge in [-0.15, -0.1) is 0 Å². The van der Waals surface area contributed by atoms with Gasteiger partial charge in [0, 0.05) is 21.8 Å². The van der Waals surface area contributed by atoms with Crippen LogP contribution in [-0.2, 0) is 16.8 Å². The number of rotatable bonds is 3. The molecular formula is C17H15BrFNO2S. The molecule has 0 bridgehead atoms. The van der Waals surface area contributed by atoms with Crippen molar-refractivity contribution in [3.8, 4) is 0 Å². The molecule has 1 aliphatic rings. The van der Waals surface area contributed by atoms with E-state index in [1.807, 2.05) is 24.3 Å². The van der Waals surface area contributed by atoms with Gasteiger partial charge >= 0.3 is 0 Å². The van der Waals surface area contributed by atoms with Crippen LogP contribution in [0.1, 0.15) is 11.1 Å². The summed E-state index contributed by atoms with van der Waals surface area (Å²) in [7, 11) is 0. The molecule has 23 heavy (non-hydrogen) atoms. The highest BCUT2D eigenvalue weighted by atomic mass is 79.9. The molecule has 2 N–H and O–H groups in total. The number of benzene rings is 2. The molecule has 120 valence electrons. The number of carbonyl (C=O) groups is 1. The predicted octanol–water partition coefficient (Wildman–Crippen LogP) is 3.23. The lowest BCUT2D eigenvalue weighted by Gasteiger charge is -2.29. The average Bonchev–Trinajstić information content (AvgIpc) is 2.67. The number of carbonyl (C=O) groups excluding carboxylic acids is 1. The van der Waals surface area contributed by atoms with Crippen LogP contribution in [0.25, 0.3) is 0 Å². The van der Waals surface area contributed by atoms with Gasteiger partial charge in [0.05, 0.1) is 11.9 Å². The Kier molecular flexibility index (Phi) is 4.75. The van der Waals surface area contributed by atoms with Gasteiger partial charge in [-0.25, -0.2) is 4.39 Å². The highest BCUT2D eigenvalue weighted by molar-refractivity contribution is 9.09. The lowest BCUT2D eigenvalue weighted by atomic mass is 9.87. The molecule has 2 aromatic rings. The first kappa shape index (κ1) is 16.5. The third kappa shape index (κ3) is 3.44. The molecule has 0 saturated heterocycles. The number of alkyl halides is 1. The Bertz CT molecular complexity index is 755. The van der Waals surface area contributed by atoms with Crippen LogP contribution in [0.2, 0.25) is 0 Å². The summed E-state index contributed by atoms with van der Waals surface area (Å²) in [6, 6.07) is 12.2. The van der Waals surface area contributed by atoms with Crippen LogP contribution < -0.4 is 5.32 Å². The Morgan fingerprint density at radius 1 is 1.30 bits per heavy atom. The van der Waals surface area contributed by atoms with Crippen LogP contribution in [0.15, 0.2) is 52.3 Å². The maximum absolute atomic E-state index is 13.7. The molecule has 0 fully saturated rings. The molecule has 1 aliphatic heterocycles. The zero-order valence-corrected chi connectivity index (χ0v) is 14.6. The topological polar surface area (TPSA) is 49.3 Å². The van der Waals surface area contributed by atoms with Gasteiger partial charge in [0.1, 0.15) is 11.4 Å². The van der Waals surface area contributed by atoms with Crippen LogP contribution >= 0.6 is 27.7 Å². The van der Waals surface area contributed by atoms with Gasteiger partial charge in [-0.2, -0.15) is 0 Å². The van der Waals surface area contributed by atoms with Crippen molar-refractivity contribution < 1.29 is 14.3 Å². The van der Waals surface area contributed by atoms with Crippen LogP contribution in [0.3, 0.4) is 0 Å². The van der Waals surface area contributed by atoms with Crippen molar-refractivity contribution in [2.45, 2.75) is 21.8 Å². The minimum absolute atomic E-state index is 0.0305. The quantitative estimate of drug-likeness (QED) is 0.784. The van der Waals surface area contributed by atoms with Crippen molar-refractivity contribution in [1.82, 2.24) is 5.32 Å². The van der Waals surface area contributed by atoms with Gasteiger partial charge in [-0.05, 0) is 29.8 Å². The van der Waals surface area contributed by atoms with Crippen molar-refractivity contribution in [3.05, 3.63) is 59.4 Å². The van der Waals surface area contributed by atoms with Gasteiger partial charge < -0.3 is 10.4 Å². The van der Waals surface area contributed by atoms with Crippen molar-refractivity contribution in [1.29, 1.82) is 0 Å². The molecule has 1 atom stereocenters. The molecule has 0 aliphatic carbocycles. The van der Waals surface area contributed by atoms with E-state index >= 15 is 0 Å². The first-order valence-electron chi connectivity index (χ1n) is 7.13. The monoisotopic (exact) mass is 395 g/mol. The zero-order chi connectivity index (χ0) is 16.4. The molecular weight excluding hydrogens is 381 g/mol. The Balaban J connectivity index is 2.06. The average molecular weight is 396 g/mol. The van der Waals surface area contributed by atoms with Gasteiger partial charge in [-0.1, -0.05) is 45.9 Å². The maximum Gasteiger partial charge on any atom is 0.230 e. The summed E-state index contributed by atoms with van der Waals surface area (Å²) in [5.74, 6) is -0.623. The molecule has 0 radical (unpaired) electrons. The first-order chi connectivity index (χ1) is 11.0. The van der Waals surface area contributed by atoms with E-state index in [1.165, 1.54) is 23.9 Å². The van der Waals surface area contributed by atoms with Crippen LogP contribution in [0.5, 0.6) is 0 Å². The molecule has 1 unspecified atom stereocenters. The fourth-order valence-corrected chi connectivity index (χ4v) is 4.03. The summed E-state index contributed by atoms with van der Waals surface area (Å²) < 4.78 is 13.7. The van der Waals surface area contributed by atoms with Crippen LogP contribution in [0, 0.1) is 5.82 Å². The number of halogens is 2. The molecule has 2 aromatic carbocycles. The zero-order valence-electron chi connectivity index (χ0n) is 12.2. The van der Waals surface area contributed by atoms with E-state index in [1.54, 1.807) is 6.07 Å². The van der Waals surface area contributed by atoms with Crippen molar-refractivity contribution >= 4 is 33.6 Å². The summed E-state index contributed by atoms with van der Waals surface area (Å²) in [5, 5.41) is 14.1. The second kappa shape index (κ2) is 6.63. The van der Waals surface area contributed by atoms with E-state index in [2.05, 4.69) is 21.2 Å². The number of amides is 1. The summed E-state index contributed by atoms with van der Waals surface area (Å²) in [6.07, 6.45) is 0.315. The molecule has 3 nitrogen and oxygen atoms in total. The Morgan fingerprint density at radius 3 is 2.87 bits per heavy atom. The Hall–Kier alpha value is -1.37. The fraction of sp³-hybridized carbons (Fsp3) is 0.235. The van der Waals surface area contributed by atoms with Gasteiger partial charge in [0.15, 0.2) is 0 Å². The number of fused-ring (bicyclic) bond motifs is 2. The van der Waals surface area contributed by atoms with E-state index in [-0.39, 0.29) is 17.8 Å². The minimum Gasteiger partial charge on any atom is -0.383 e. The summed E-state index contributed by atoms with van der Waals surface area (Å²) in [6.45, 7) is 0.0305. The Morgan fingerprint density at radius 2 is 2.09 bits per heavy atom. The largest absolute Gasteiger partial charge is 0.383 e. The lowest BCUT2D eigenvalue weighted by molar-refractivity contribution is -0.119. The van der Waals surface area contributed by atoms with Gasteiger partial charge in [-0.3, -0.25) is 4.79 Å². The maximum atomic E-state index is 13.7. The van der Waals surface area contributed by atoms with Gasteiger partial charge in [0.2, 0.25) is 5.91 Å². The number of aliphatic hydroxyl groups is 1. The number of nitrogens with one attached hydrogen (secondary N) is 1. The normalized spacial score (nSPS) is 19.4. The molecule has 0 saturated carbocycles.